The van der Waals surface area contributed by atoms with Crippen LogP contribution in [-0.2, 0) is 46.4 Å². The van der Waals surface area contributed by atoms with Crippen LogP contribution in [0.1, 0.15) is 50.7 Å². The Morgan fingerprint density at radius 3 is 1.92 bits per heavy atom. The van der Waals surface area contributed by atoms with Crippen LogP contribution >= 0.6 is 0 Å². The van der Waals surface area contributed by atoms with Crippen LogP contribution in [0.4, 0.5) is 0 Å². The van der Waals surface area contributed by atoms with Gasteiger partial charge in [-0.05, 0) is 42.4 Å². The quantitative estimate of drug-likeness (QED) is 0.0274. The highest BCUT2D eigenvalue weighted by atomic mass is 16.4. The molecule has 320 valence electrons. The van der Waals surface area contributed by atoms with E-state index in [1.165, 1.54) is 0 Å². The normalized spacial score (nSPS) is 14.1. The Morgan fingerprint density at radius 2 is 1.29 bits per heavy atom. The number of nitrogens with one attached hydrogen (secondary N) is 6. The zero-order valence-electron chi connectivity index (χ0n) is 32.9. The van der Waals surface area contributed by atoms with Crippen LogP contribution in [0, 0.1) is 5.92 Å². The summed E-state index contributed by atoms with van der Waals surface area (Å²) in [7, 11) is 0. The van der Waals surface area contributed by atoms with Gasteiger partial charge in [-0.25, -0.2) is 4.79 Å². The van der Waals surface area contributed by atoms with Crippen LogP contribution in [0.5, 0.6) is 0 Å². The second kappa shape index (κ2) is 23.0. The monoisotopic (exact) mass is 822 g/mol. The summed E-state index contributed by atoms with van der Waals surface area (Å²) >= 11 is 0. The molecule has 2 aromatic carbocycles. The molecule has 0 fully saturated rings. The molecule has 0 bridgehead atoms. The molecule has 0 aliphatic rings. The predicted octanol–water partition coefficient (Wildman–Crippen LogP) is -1.64. The second-order valence-electron chi connectivity index (χ2n) is 14.2. The fourth-order valence-corrected chi connectivity index (χ4v) is 6.05. The number of aliphatic imine (C=N–C) groups is 1. The van der Waals surface area contributed by atoms with Crippen molar-refractivity contribution < 1.29 is 48.9 Å². The fourth-order valence-electron chi connectivity index (χ4n) is 6.05. The van der Waals surface area contributed by atoms with Crippen molar-refractivity contribution in [3.8, 4) is 0 Å². The molecule has 3 rings (SSSR count). The number of benzene rings is 2. The van der Waals surface area contributed by atoms with Gasteiger partial charge in [-0.2, -0.15) is 0 Å². The zero-order chi connectivity index (χ0) is 43.6. The van der Waals surface area contributed by atoms with Crippen molar-refractivity contribution in [3.05, 3.63) is 71.9 Å². The molecule has 0 saturated carbocycles. The van der Waals surface area contributed by atoms with E-state index in [0.717, 1.165) is 10.9 Å². The summed E-state index contributed by atoms with van der Waals surface area (Å²) in [5.74, 6) is -7.73. The molecule has 0 aliphatic carbocycles. The smallest absolute Gasteiger partial charge is 0.326 e. The number of aromatic nitrogens is 1. The summed E-state index contributed by atoms with van der Waals surface area (Å²) in [5.41, 5.74) is 18.4. The van der Waals surface area contributed by atoms with Gasteiger partial charge in [-0.3, -0.25) is 33.8 Å². The number of hydrogen-bond donors (Lipinski definition) is 12. The Hall–Kier alpha value is -6.54. The molecule has 3 aromatic rings. The minimum absolute atomic E-state index is 0.0149. The average molecular weight is 823 g/mol. The van der Waals surface area contributed by atoms with Crippen molar-refractivity contribution in [3.63, 3.8) is 0 Å². The highest BCUT2D eigenvalue weighted by Crippen LogP contribution is 2.19. The molecule has 0 unspecified atom stereocenters. The van der Waals surface area contributed by atoms with E-state index in [2.05, 4.69) is 36.6 Å². The summed E-state index contributed by atoms with van der Waals surface area (Å²) < 4.78 is 0. The number of rotatable bonds is 24. The molecule has 20 heteroatoms. The van der Waals surface area contributed by atoms with Gasteiger partial charge in [-0.1, -0.05) is 62.4 Å². The molecule has 0 aliphatic heterocycles. The summed E-state index contributed by atoms with van der Waals surface area (Å²) in [5, 5.41) is 42.3. The number of nitrogens with two attached hydrogens (primary N) is 3. The van der Waals surface area contributed by atoms with Crippen molar-refractivity contribution in [2.75, 3.05) is 13.2 Å². The maximum atomic E-state index is 14.0. The Bertz CT molecular complexity index is 1950. The van der Waals surface area contributed by atoms with Crippen LogP contribution in [0.3, 0.4) is 0 Å². The molecule has 15 N–H and O–H groups in total. The Balaban J connectivity index is 1.85. The third kappa shape index (κ3) is 15.0. The number of aliphatic carboxylic acids is 2. The molecule has 0 radical (unpaired) electrons. The summed E-state index contributed by atoms with van der Waals surface area (Å²) in [6.45, 7) is 2.60. The number of hydrogen-bond acceptors (Lipinski definition) is 10. The van der Waals surface area contributed by atoms with Gasteiger partial charge in [0.05, 0.1) is 6.61 Å². The van der Waals surface area contributed by atoms with Crippen LogP contribution < -0.4 is 43.8 Å². The van der Waals surface area contributed by atoms with E-state index < -0.39 is 103 Å². The molecule has 0 spiro atoms. The number of carbonyl (C=O) groups is 7. The topological polar surface area (TPSA) is 347 Å². The molecule has 1 aromatic heterocycles. The van der Waals surface area contributed by atoms with Crippen molar-refractivity contribution in [1.29, 1.82) is 0 Å². The number of carboxylic acids is 2. The number of carbonyl (C=O) groups excluding carboxylic acids is 5. The van der Waals surface area contributed by atoms with E-state index in [0.29, 0.717) is 11.1 Å². The molecule has 6 atom stereocenters. The van der Waals surface area contributed by atoms with E-state index >= 15 is 0 Å². The summed E-state index contributed by atoms with van der Waals surface area (Å²) in [6, 6.07) is 7.48. The SMILES string of the molecule is CC(C)[C@H](NC(=O)[C@H](CCC(=O)O)NC(=O)[C@H](Cc1ccccc1)NC(=O)[C@H](CCCN=C(N)N)NC(=O)[C@@H](N)CO)C(=O)N[C@@H](Cc1c[nH]c2ccccc12)C(=O)O. The maximum Gasteiger partial charge on any atom is 0.326 e. The first kappa shape index (κ1) is 46.8. The molecule has 20 nitrogen and oxygen atoms in total. The zero-order valence-corrected chi connectivity index (χ0v) is 32.9. The van der Waals surface area contributed by atoms with Gasteiger partial charge in [0.15, 0.2) is 5.96 Å². The third-order valence-corrected chi connectivity index (χ3v) is 9.27. The first-order valence-electron chi connectivity index (χ1n) is 19.0. The summed E-state index contributed by atoms with van der Waals surface area (Å²) in [6.07, 6.45) is 0.651. The Kier molecular flexibility index (Phi) is 18.3. The van der Waals surface area contributed by atoms with Crippen molar-refractivity contribution in [2.24, 2.45) is 28.1 Å². The minimum atomic E-state index is -1.54. The molecule has 0 saturated heterocycles. The predicted molar refractivity (Wildman–Crippen MR) is 216 cm³/mol. The van der Waals surface area contributed by atoms with Crippen molar-refractivity contribution in [1.82, 2.24) is 31.6 Å². The van der Waals surface area contributed by atoms with E-state index in [1.54, 1.807) is 56.4 Å². The number of nitrogens with zero attached hydrogens (tertiary/aromatic N) is 1. The summed E-state index contributed by atoms with van der Waals surface area (Å²) in [4.78, 5) is 98.6. The van der Waals surface area contributed by atoms with E-state index in [4.69, 9.17) is 17.2 Å². The lowest BCUT2D eigenvalue weighted by molar-refractivity contribution is -0.142. The van der Waals surface area contributed by atoms with Gasteiger partial charge in [0.1, 0.15) is 36.3 Å². The van der Waals surface area contributed by atoms with Gasteiger partial charge in [0.2, 0.25) is 29.5 Å². The average Bonchev–Trinajstić information content (AvgIpc) is 3.60. The fraction of sp³-hybridized carbons (Fsp3) is 0.436. The largest absolute Gasteiger partial charge is 0.481 e. The number of fused-ring (bicyclic) bond motifs is 1. The van der Waals surface area contributed by atoms with Crippen LogP contribution in [0.25, 0.3) is 10.9 Å². The van der Waals surface area contributed by atoms with Crippen molar-refractivity contribution >= 4 is 58.3 Å². The second-order valence-corrected chi connectivity index (χ2v) is 14.2. The standard InChI is InChI=1S/C39H54N10O10/c1-21(2)32(37(57)48-30(38(58)59)18-23-19-44-26-12-7-6-11-24(23)26)49-35(55)28(14-15-31(51)52)46-36(56)29(17-22-9-4-3-5-10-22)47-34(54)27(13-8-16-43-39(41)42)45-33(53)25(40)20-50/h3-7,9-12,19,21,25,27-30,32,44,50H,8,13-18,20,40H2,1-2H3,(H,45,53)(H,46,56)(H,47,54)(H,48,57)(H,49,55)(H,51,52)(H,58,59)(H4,41,42,43)/t25-,27-,28-,29-,30-,32-/m0/s1. The third-order valence-electron chi connectivity index (χ3n) is 9.27. The first-order valence-corrected chi connectivity index (χ1v) is 19.0. The van der Waals surface area contributed by atoms with Crippen LogP contribution in [0.15, 0.2) is 65.8 Å². The van der Waals surface area contributed by atoms with Gasteiger partial charge in [0, 0.05) is 42.9 Å². The number of H-pyrrole nitrogens is 1. The first-order chi connectivity index (χ1) is 28.0. The number of aliphatic hydroxyl groups is 1. The van der Waals surface area contributed by atoms with Crippen molar-refractivity contribution in [2.45, 2.75) is 88.6 Å². The minimum Gasteiger partial charge on any atom is -0.481 e. The van der Waals surface area contributed by atoms with E-state index in [9.17, 15) is 48.9 Å². The van der Waals surface area contributed by atoms with Gasteiger partial charge in [0.25, 0.3) is 0 Å². The van der Waals surface area contributed by atoms with Gasteiger partial charge >= 0.3 is 11.9 Å². The van der Waals surface area contributed by atoms with E-state index in [1.807, 2.05) is 18.2 Å². The number of guanidine groups is 1. The number of amides is 5. The highest BCUT2D eigenvalue weighted by Gasteiger charge is 2.34. The van der Waals surface area contributed by atoms with Gasteiger partial charge < -0.3 is 64.1 Å². The highest BCUT2D eigenvalue weighted by molar-refractivity contribution is 5.97. The Morgan fingerprint density at radius 1 is 0.712 bits per heavy atom. The van der Waals surface area contributed by atoms with Crippen LogP contribution in [-0.4, -0.2) is 117 Å². The van der Waals surface area contributed by atoms with Gasteiger partial charge in [-0.15, -0.1) is 0 Å². The number of carboxylic acid groups (broad SMARTS) is 2. The molecule has 59 heavy (non-hydrogen) atoms. The number of aliphatic hydroxyl groups excluding tert-OH is 1. The maximum absolute atomic E-state index is 14.0. The number of para-hydroxylation sites is 1. The molecule has 1 heterocycles. The molecular weight excluding hydrogens is 768 g/mol. The number of aromatic amines is 1. The molecule has 5 amide bonds. The lowest BCUT2D eigenvalue weighted by Gasteiger charge is -2.28. The van der Waals surface area contributed by atoms with Crippen LogP contribution in [0.2, 0.25) is 0 Å². The Labute approximate surface area is 340 Å². The molecular formula is C39H54N10O10. The van der Waals surface area contributed by atoms with E-state index in [-0.39, 0.29) is 38.2 Å². The lowest BCUT2D eigenvalue weighted by atomic mass is 10.00. The lowest BCUT2D eigenvalue weighted by Crippen LogP contribution is -2.60.